The number of ether oxygens (including phenoxy) is 1. The van der Waals surface area contributed by atoms with Crippen LogP contribution in [0, 0.1) is 0 Å². The standard InChI is InChI=1S/C7H13NO3/c9-7(10)2-1-6-3-4-11-5-8-6/h6,8H,1-5H2,(H,9,10). The van der Waals surface area contributed by atoms with Gasteiger partial charge in [-0.2, -0.15) is 0 Å². The molecule has 0 aromatic rings. The van der Waals surface area contributed by atoms with Gasteiger partial charge in [0.25, 0.3) is 0 Å². The number of carboxylic acid groups (broad SMARTS) is 1. The van der Waals surface area contributed by atoms with Crippen molar-refractivity contribution < 1.29 is 14.6 Å². The fraction of sp³-hybridized carbons (Fsp3) is 0.857. The molecule has 0 aromatic heterocycles. The summed E-state index contributed by atoms with van der Waals surface area (Å²) >= 11 is 0. The maximum atomic E-state index is 10.2. The Kier molecular flexibility index (Phi) is 3.32. The maximum Gasteiger partial charge on any atom is 0.303 e. The summed E-state index contributed by atoms with van der Waals surface area (Å²) in [7, 11) is 0. The van der Waals surface area contributed by atoms with Crippen LogP contribution < -0.4 is 5.32 Å². The van der Waals surface area contributed by atoms with Crippen LogP contribution in [0.1, 0.15) is 19.3 Å². The van der Waals surface area contributed by atoms with Crippen molar-refractivity contribution in [2.75, 3.05) is 13.3 Å². The van der Waals surface area contributed by atoms with Crippen molar-refractivity contribution in [2.45, 2.75) is 25.3 Å². The van der Waals surface area contributed by atoms with Crippen molar-refractivity contribution in [3.8, 4) is 0 Å². The highest BCUT2D eigenvalue weighted by Crippen LogP contribution is 2.05. The molecule has 1 saturated heterocycles. The van der Waals surface area contributed by atoms with Crippen LogP contribution in [-0.2, 0) is 9.53 Å². The van der Waals surface area contributed by atoms with Gasteiger partial charge < -0.3 is 9.84 Å². The molecule has 0 amide bonds. The van der Waals surface area contributed by atoms with Gasteiger partial charge in [0.05, 0.1) is 6.73 Å². The number of hydrogen-bond acceptors (Lipinski definition) is 3. The van der Waals surface area contributed by atoms with Crippen LogP contribution in [0.15, 0.2) is 0 Å². The van der Waals surface area contributed by atoms with Crippen LogP contribution in [0.4, 0.5) is 0 Å². The Morgan fingerprint density at radius 3 is 3.09 bits per heavy atom. The van der Waals surface area contributed by atoms with E-state index in [4.69, 9.17) is 9.84 Å². The Bertz CT molecular complexity index is 132. The second-order valence-electron chi connectivity index (χ2n) is 2.67. The highest BCUT2D eigenvalue weighted by molar-refractivity contribution is 5.66. The highest BCUT2D eigenvalue weighted by Gasteiger charge is 2.13. The summed E-state index contributed by atoms with van der Waals surface area (Å²) in [6, 6.07) is 0.333. The number of carbonyl (C=O) groups is 1. The van der Waals surface area contributed by atoms with Gasteiger partial charge in [-0.05, 0) is 12.8 Å². The van der Waals surface area contributed by atoms with E-state index >= 15 is 0 Å². The maximum absolute atomic E-state index is 10.2. The average Bonchev–Trinajstić information content (AvgIpc) is 2.03. The van der Waals surface area contributed by atoms with Crippen LogP contribution in [-0.4, -0.2) is 30.5 Å². The lowest BCUT2D eigenvalue weighted by Gasteiger charge is -2.22. The molecule has 0 aromatic carbocycles. The summed E-state index contributed by atoms with van der Waals surface area (Å²) in [6.45, 7) is 1.31. The molecule has 0 saturated carbocycles. The van der Waals surface area contributed by atoms with Crippen LogP contribution in [0.2, 0.25) is 0 Å². The quantitative estimate of drug-likeness (QED) is 0.617. The molecule has 0 spiro atoms. The van der Waals surface area contributed by atoms with Crippen LogP contribution in [0.5, 0.6) is 0 Å². The van der Waals surface area contributed by atoms with Crippen molar-refractivity contribution in [1.29, 1.82) is 0 Å². The number of hydrogen-bond donors (Lipinski definition) is 2. The van der Waals surface area contributed by atoms with E-state index in [1.807, 2.05) is 0 Å². The fourth-order valence-electron chi connectivity index (χ4n) is 1.12. The van der Waals surface area contributed by atoms with Gasteiger partial charge in [0.2, 0.25) is 0 Å². The largest absolute Gasteiger partial charge is 0.481 e. The zero-order valence-corrected chi connectivity index (χ0v) is 6.38. The van der Waals surface area contributed by atoms with Gasteiger partial charge in [0.1, 0.15) is 0 Å². The van der Waals surface area contributed by atoms with E-state index in [0.29, 0.717) is 19.2 Å². The van der Waals surface area contributed by atoms with Crippen LogP contribution in [0.3, 0.4) is 0 Å². The topological polar surface area (TPSA) is 58.6 Å². The van der Waals surface area contributed by atoms with Gasteiger partial charge in [-0.15, -0.1) is 0 Å². The Balaban J connectivity index is 2.09. The third-order valence-corrected chi connectivity index (χ3v) is 1.79. The molecule has 1 rings (SSSR count). The molecule has 0 bridgehead atoms. The number of nitrogens with one attached hydrogen (secondary N) is 1. The minimum Gasteiger partial charge on any atom is -0.481 e. The predicted molar refractivity (Wildman–Crippen MR) is 39.2 cm³/mol. The van der Waals surface area contributed by atoms with E-state index in [1.165, 1.54) is 0 Å². The van der Waals surface area contributed by atoms with Crippen molar-refractivity contribution in [1.82, 2.24) is 5.32 Å². The van der Waals surface area contributed by atoms with Gasteiger partial charge in [-0.3, -0.25) is 10.1 Å². The lowest BCUT2D eigenvalue weighted by molar-refractivity contribution is -0.137. The molecule has 0 aliphatic carbocycles. The third kappa shape index (κ3) is 3.34. The zero-order chi connectivity index (χ0) is 8.10. The van der Waals surface area contributed by atoms with E-state index < -0.39 is 5.97 Å². The monoisotopic (exact) mass is 159 g/mol. The Labute approximate surface area is 65.5 Å². The number of rotatable bonds is 3. The van der Waals surface area contributed by atoms with Gasteiger partial charge in [-0.1, -0.05) is 0 Å². The van der Waals surface area contributed by atoms with Crippen molar-refractivity contribution >= 4 is 5.97 Å². The van der Waals surface area contributed by atoms with Crippen LogP contribution >= 0.6 is 0 Å². The summed E-state index contributed by atoms with van der Waals surface area (Å²) in [5.41, 5.74) is 0. The number of carboxylic acids is 1. The second kappa shape index (κ2) is 4.31. The molecule has 1 fully saturated rings. The van der Waals surface area contributed by atoms with Gasteiger partial charge in [0, 0.05) is 19.1 Å². The molecule has 11 heavy (non-hydrogen) atoms. The van der Waals surface area contributed by atoms with Gasteiger partial charge >= 0.3 is 5.97 Å². The summed E-state index contributed by atoms with van der Waals surface area (Å²) < 4.78 is 5.05. The second-order valence-corrected chi connectivity index (χ2v) is 2.67. The first-order chi connectivity index (χ1) is 5.29. The first-order valence-corrected chi connectivity index (χ1v) is 3.82. The third-order valence-electron chi connectivity index (χ3n) is 1.79. The summed E-state index contributed by atoms with van der Waals surface area (Å²) in [5, 5.41) is 11.5. The van der Waals surface area contributed by atoms with E-state index in [0.717, 1.165) is 13.0 Å². The SMILES string of the molecule is O=C(O)CCC1CCOCN1. The summed E-state index contributed by atoms with van der Waals surface area (Å²) in [5.74, 6) is -0.724. The molecule has 1 unspecified atom stereocenters. The molecule has 1 aliphatic heterocycles. The molecule has 4 heteroatoms. The fourth-order valence-corrected chi connectivity index (χ4v) is 1.12. The van der Waals surface area contributed by atoms with E-state index in [9.17, 15) is 4.79 Å². The van der Waals surface area contributed by atoms with Crippen LogP contribution in [0.25, 0.3) is 0 Å². The Hall–Kier alpha value is -0.610. The van der Waals surface area contributed by atoms with Crippen molar-refractivity contribution in [3.05, 3.63) is 0 Å². The molecule has 4 nitrogen and oxygen atoms in total. The van der Waals surface area contributed by atoms with Gasteiger partial charge in [-0.25, -0.2) is 0 Å². The van der Waals surface area contributed by atoms with Crippen molar-refractivity contribution in [2.24, 2.45) is 0 Å². The van der Waals surface area contributed by atoms with E-state index in [2.05, 4.69) is 5.32 Å². The first-order valence-electron chi connectivity index (χ1n) is 3.82. The highest BCUT2D eigenvalue weighted by atomic mass is 16.5. The molecule has 1 aliphatic rings. The lowest BCUT2D eigenvalue weighted by atomic mass is 10.1. The zero-order valence-electron chi connectivity index (χ0n) is 6.38. The summed E-state index contributed by atoms with van der Waals surface area (Å²) in [6.07, 6.45) is 1.88. The molecule has 0 radical (unpaired) electrons. The normalized spacial score (nSPS) is 24.9. The molecular formula is C7H13NO3. The minimum absolute atomic E-state index is 0.248. The smallest absolute Gasteiger partial charge is 0.303 e. The van der Waals surface area contributed by atoms with Crippen molar-refractivity contribution in [3.63, 3.8) is 0 Å². The Morgan fingerprint density at radius 1 is 1.73 bits per heavy atom. The van der Waals surface area contributed by atoms with E-state index in [-0.39, 0.29) is 6.42 Å². The first kappa shape index (κ1) is 8.49. The minimum atomic E-state index is -0.724. The van der Waals surface area contributed by atoms with E-state index in [1.54, 1.807) is 0 Å². The average molecular weight is 159 g/mol. The molecule has 1 heterocycles. The molecular weight excluding hydrogens is 146 g/mol. The Morgan fingerprint density at radius 2 is 2.55 bits per heavy atom. The summed E-state index contributed by atoms with van der Waals surface area (Å²) in [4.78, 5) is 10.2. The molecule has 2 N–H and O–H groups in total. The molecule has 64 valence electrons. The lowest BCUT2D eigenvalue weighted by Crippen LogP contribution is -2.37. The predicted octanol–water partition coefficient (Wildman–Crippen LogP) is 0.187. The van der Waals surface area contributed by atoms with Gasteiger partial charge in [0.15, 0.2) is 0 Å². The molecule has 1 atom stereocenters. The number of aliphatic carboxylic acids is 1.